The number of hydrogen-bond donors (Lipinski definition) is 1. The lowest BCUT2D eigenvalue weighted by atomic mass is 10.2. The quantitative estimate of drug-likeness (QED) is 0.602. The van der Waals surface area contributed by atoms with E-state index in [0.29, 0.717) is 5.65 Å². The molecule has 0 aliphatic carbocycles. The molecule has 6 nitrogen and oxygen atoms in total. The minimum atomic E-state index is 0.650. The van der Waals surface area contributed by atoms with Crippen LogP contribution in [-0.4, -0.2) is 37.4 Å². The van der Waals surface area contributed by atoms with E-state index in [2.05, 4.69) is 25.8 Å². The average molecular weight is 255 g/mol. The van der Waals surface area contributed by atoms with Gasteiger partial charge in [-0.05, 0) is 23.3 Å². The van der Waals surface area contributed by atoms with Crippen molar-refractivity contribution < 1.29 is 0 Å². The topological polar surface area (TPSA) is 68.0 Å². The van der Waals surface area contributed by atoms with Gasteiger partial charge in [-0.25, -0.2) is 0 Å². The molecule has 7 heteroatoms. The molecule has 0 aliphatic heterocycles. The molecule has 0 fully saturated rings. The van der Waals surface area contributed by atoms with E-state index in [9.17, 15) is 0 Å². The number of rotatable bonds is 7. The highest BCUT2D eigenvalue weighted by Gasteiger charge is 2.02. The van der Waals surface area contributed by atoms with Crippen LogP contribution >= 0.6 is 11.6 Å². The lowest BCUT2D eigenvalue weighted by Crippen LogP contribution is -2.07. The van der Waals surface area contributed by atoms with Crippen LogP contribution in [0.5, 0.6) is 0 Å². The fourth-order valence-corrected chi connectivity index (χ4v) is 1.77. The molecule has 0 saturated heterocycles. The van der Waals surface area contributed by atoms with E-state index in [1.165, 1.54) is 12.8 Å². The van der Waals surface area contributed by atoms with Gasteiger partial charge in [0.2, 0.25) is 0 Å². The molecule has 0 aliphatic rings. The largest absolute Gasteiger partial charge is 0.369 e. The van der Waals surface area contributed by atoms with Crippen molar-refractivity contribution in [1.82, 2.24) is 25.0 Å². The molecule has 2 rings (SSSR count). The second-order valence-electron chi connectivity index (χ2n) is 3.77. The lowest BCUT2D eigenvalue weighted by Gasteiger charge is -2.06. The number of tetrazole rings is 1. The summed E-state index contributed by atoms with van der Waals surface area (Å²) in [4.78, 5) is 4.07. The third-order valence-corrected chi connectivity index (χ3v) is 2.74. The third kappa shape index (κ3) is 3.26. The van der Waals surface area contributed by atoms with E-state index in [-0.39, 0.29) is 0 Å². The van der Waals surface area contributed by atoms with E-state index in [4.69, 9.17) is 11.6 Å². The Kier molecular flexibility index (Phi) is 4.49. The maximum atomic E-state index is 5.61. The van der Waals surface area contributed by atoms with Gasteiger partial charge in [-0.15, -0.1) is 16.7 Å². The van der Waals surface area contributed by atoms with Crippen LogP contribution in [0.3, 0.4) is 0 Å². The van der Waals surface area contributed by atoms with Crippen LogP contribution < -0.4 is 5.32 Å². The Morgan fingerprint density at radius 3 is 2.94 bits per heavy atom. The predicted octanol–water partition coefficient (Wildman–Crippen LogP) is 1.73. The Morgan fingerprint density at radius 2 is 2.06 bits per heavy atom. The van der Waals surface area contributed by atoms with E-state index < -0.39 is 0 Å². The molecule has 17 heavy (non-hydrogen) atoms. The summed E-state index contributed by atoms with van der Waals surface area (Å²) >= 11 is 5.61. The number of nitrogens with zero attached hydrogens (tertiary/aromatic N) is 5. The zero-order valence-corrected chi connectivity index (χ0v) is 10.3. The fraction of sp³-hybridized carbons (Fsp3) is 0.600. The summed E-state index contributed by atoms with van der Waals surface area (Å²) in [5.41, 5.74) is 0.650. The highest BCUT2D eigenvalue weighted by Crippen LogP contribution is 2.07. The SMILES string of the molecule is ClCCCCCCNc1cncc2nnnn12. The predicted molar refractivity (Wildman–Crippen MR) is 66.3 cm³/mol. The molecular formula is C10H15ClN6. The van der Waals surface area contributed by atoms with Crippen LogP contribution in [0, 0.1) is 0 Å². The van der Waals surface area contributed by atoms with Crippen molar-refractivity contribution in [1.29, 1.82) is 0 Å². The number of hydrogen-bond acceptors (Lipinski definition) is 5. The lowest BCUT2D eigenvalue weighted by molar-refractivity contribution is 0.684. The summed E-state index contributed by atoms with van der Waals surface area (Å²) in [6.07, 6.45) is 7.91. The first kappa shape index (κ1) is 12.0. The average Bonchev–Trinajstić information content (AvgIpc) is 2.82. The van der Waals surface area contributed by atoms with Crippen molar-refractivity contribution >= 4 is 23.1 Å². The molecule has 1 N–H and O–H groups in total. The van der Waals surface area contributed by atoms with Gasteiger partial charge in [0.15, 0.2) is 5.65 Å². The first-order valence-electron chi connectivity index (χ1n) is 5.74. The minimum Gasteiger partial charge on any atom is -0.369 e. The first-order chi connectivity index (χ1) is 8.42. The van der Waals surface area contributed by atoms with Crippen LogP contribution in [0.2, 0.25) is 0 Å². The van der Waals surface area contributed by atoms with Gasteiger partial charge < -0.3 is 5.32 Å². The smallest absolute Gasteiger partial charge is 0.199 e. The van der Waals surface area contributed by atoms with Crippen molar-refractivity contribution in [2.75, 3.05) is 17.7 Å². The summed E-state index contributed by atoms with van der Waals surface area (Å²) < 4.78 is 1.64. The molecule has 0 unspecified atom stereocenters. The summed E-state index contributed by atoms with van der Waals surface area (Å²) in [5.74, 6) is 1.58. The fourth-order valence-electron chi connectivity index (χ4n) is 1.59. The number of fused-ring (bicyclic) bond motifs is 1. The van der Waals surface area contributed by atoms with Crippen LogP contribution in [0.25, 0.3) is 5.65 Å². The Hall–Kier alpha value is -1.43. The van der Waals surface area contributed by atoms with Gasteiger partial charge in [-0.1, -0.05) is 12.8 Å². The van der Waals surface area contributed by atoms with Gasteiger partial charge in [-0.2, -0.15) is 4.52 Å². The van der Waals surface area contributed by atoms with Crippen LogP contribution in [0.4, 0.5) is 5.82 Å². The van der Waals surface area contributed by atoms with E-state index in [1.807, 2.05) is 0 Å². The molecule has 0 bridgehead atoms. The molecule has 2 aromatic rings. The van der Waals surface area contributed by atoms with Gasteiger partial charge in [0, 0.05) is 12.4 Å². The number of nitrogens with one attached hydrogen (secondary N) is 1. The van der Waals surface area contributed by atoms with Crippen molar-refractivity contribution in [3.05, 3.63) is 12.4 Å². The molecule has 0 saturated carbocycles. The Bertz CT molecular complexity index is 457. The summed E-state index contributed by atoms with van der Waals surface area (Å²) in [6, 6.07) is 0. The minimum absolute atomic E-state index is 0.650. The number of halogens is 1. The van der Waals surface area contributed by atoms with E-state index >= 15 is 0 Å². The zero-order chi connectivity index (χ0) is 11.9. The third-order valence-electron chi connectivity index (χ3n) is 2.48. The van der Waals surface area contributed by atoms with Crippen LogP contribution in [0.15, 0.2) is 12.4 Å². The molecule has 0 radical (unpaired) electrons. The summed E-state index contributed by atoms with van der Waals surface area (Å²) in [6.45, 7) is 0.892. The van der Waals surface area contributed by atoms with Crippen molar-refractivity contribution in [2.24, 2.45) is 0 Å². The molecule has 0 aromatic carbocycles. The maximum absolute atomic E-state index is 5.61. The highest BCUT2D eigenvalue weighted by molar-refractivity contribution is 6.17. The maximum Gasteiger partial charge on any atom is 0.199 e. The van der Waals surface area contributed by atoms with E-state index in [0.717, 1.165) is 31.1 Å². The van der Waals surface area contributed by atoms with E-state index in [1.54, 1.807) is 16.9 Å². The second kappa shape index (κ2) is 6.34. The highest BCUT2D eigenvalue weighted by atomic mass is 35.5. The van der Waals surface area contributed by atoms with Gasteiger partial charge in [0.05, 0.1) is 12.4 Å². The monoisotopic (exact) mass is 254 g/mol. The Labute approximate surface area is 104 Å². The van der Waals surface area contributed by atoms with Crippen LogP contribution in [0.1, 0.15) is 25.7 Å². The van der Waals surface area contributed by atoms with Gasteiger partial charge in [-0.3, -0.25) is 4.98 Å². The standard InChI is InChI=1S/C10H15ClN6/c11-5-3-1-2-4-6-13-9-7-12-8-10-14-15-16-17(9)10/h7-8,13H,1-6H2. The molecule has 2 heterocycles. The van der Waals surface area contributed by atoms with Gasteiger partial charge >= 0.3 is 0 Å². The summed E-state index contributed by atoms with van der Waals surface area (Å²) in [7, 11) is 0. The second-order valence-corrected chi connectivity index (χ2v) is 4.15. The summed E-state index contributed by atoms with van der Waals surface area (Å²) in [5, 5.41) is 14.6. The molecule has 2 aromatic heterocycles. The molecular weight excluding hydrogens is 240 g/mol. The molecule has 0 amide bonds. The van der Waals surface area contributed by atoms with Crippen molar-refractivity contribution in [3.63, 3.8) is 0 Å². The normalized spacial score (nSPS) is 10.9. The van der Waals surface area contributed by atoms with Crippen LogP contribution in [-0.2, 0) is 0 Å². The first-order valence-corrected chi connectivity index (χ1v) is 6.27. The Balaban J connectivity index is 1.80. The zero-order valence-electron chi connectivity index (χ0n) is 9.51. The number of anilines is 1. The Morgan fingerprint density at radius 1 is 1.18 bits per heavy atom. The van der Waals surface area contributed by atoms with Crippen molar-refractivity contribution in [3.8, 4) is 0 Å². The number of aromatic nitrogens is 5. The molecule has 92 valence electrons. The molecule has 0 spiro atoms. The molecule has 0 atom stereocenters. The number of unbranched alkanes of at least 4 members (excludes halogenated alkanes) is 3. The van der Waals surface area contributed by atoms with Gasteiger partial charge in [0.1, 0.15) is 5.82 Å². The number of alkyl halides is 1. The van der Waals surface area contributed by atoms with Gasteiger partial charge in [0.25, 0.3) is 0 Å². The van der Waals surface area contributed by atoms with Crippen molar-refractivity contribution in [2.45, 2.75) is 25.7 Å².